The number of carbonyl (C=O) groups is 1. The molecule has 2 aromatic heterocycles. The van der Waals surface area contributed by atoms with E-state index in [4.69, 9.17) is 16.1 Å². The molecule has 0 saturated carbocycles. The molecule has 8 nitrogen and oxygen atoms in total. The second-order valence-electron chi connectivity index (χ2n) is 6.89. The number of halogens is 1. The van der Waals surface area contributed by atoms with Crippen LogP contribution in [-0.4, -0.2) is 32.9 Å². The van der Waals surface area contributed by atoms with Gasteiger partial charge in [-0.1, -0.05) is 30.6 Å². The number of pyridine rings is 1. The van der Waals surface area contributed by atoms with Gasteiger partial charge in [0.25, 0.3) is 17.3 Å². The van der Waals surface area contributed by atoms with Crippen molar-refractivity contribution in [3.8, 4) is 0 Å². The Balaban J connectivity index is 1.99. The van der Waals surface area contributed by atoms with E-state index in [0.29, 0.717) is 38.6 Å². The number of nitro groups is 1. The van der Waals surface area contributed by atoms with Crippen LogP contribution in [0.2, 0.25) is 5.02 Å². The SMILES string of the molecule is Cc1noc2nc(C(C)C)cc(C(=O)N(C)Cc3cc([N+](=O)[O-])ccc3Cl)c12. The van der Waals surface area contributed by atoms with Crippen molar-refractivity contribution in [1.29, 1.82) is 0 Å². The quantitative estimate of drug-likeness (QED) is 0.460. The van der Waals surface area contributed by atoms with E-state index in [1.165, 1.54) is 23.1 Å². The van der Waals surface area contributed by atoms with Gasteiger partial charge in [0.2, 0.25) is 0 Å². The molecule has 3 rings (SSSR count). The number of fused-ring (bicyclic) bond motifs is 1. The minimum Gasteiger partial charge on any atom is -0.337 e. The molecule has 0 aliphatic carbocycles. The predicted molar refractivity (Wildman–Crippen MR) is 105 cm³/mol. The van der Waals surface area contributed by atoms with Crippen molar-refractivity contribution < 1.29 is 14.2 Å². The molecule has 0 aliphatic rings. The van der Waals surface area contributed by atoms with Crippen molar-refractivity contribution >= 4 is 34.3 Å². The first-order valence-electron chi connectivity index (χ1n) is 8.64. The van der Waals surface area contributed by atoms with E-state index in [0.717, 1.165) is 0 Å². The maximum atomic E-state index is 13.2. The molecule has 146 valence electrons. The first kappa shape index (κ1) is 19.8. The Morgan fingerprint density at radius 3 is 2.71 bits per heavy atom. The summed E-state index contributed by atoms with van der Waals surface area (Å²) in [6.07, 6.45) is 0. The topological polar surface area (TPSA) is 102 Å². The molecule has 0 saturated heterocycles. The van der Waals surface area contributed by atoms with Gasteiger partial charge in [-0.2, -0.15) is 0 Å². The van der Waals surface area contributed by atoms with E-state index in [-0.39, 0.29) is 24.1 Å². The highest BCUT2D eigenvalue weighted by molar-refractivity contribution is 6.31. The van der Waals surface area contributed by atoms with Crippen LogP contribution in [0.25, 0.3) is 11.1 Å². The molecule has 28 heavy (non-hydrogen) atoms. The van der Waals surface area contributed by atoms with Gasteiger partial charge in [0, 0.05) is 36.4 Å². The van der Waals surface area contributed by atoms with Crippen LogP contribution in [0.5, 0.6) is 0 Å². The lowest BCUT2D eigenvalue weighted by Crippen LogP contribution is -2.27. The summed E-state index contributed by atoms with van der Waals surface area (Å²) >= 11 is 6.17. The summed E-state index contributed by atoms with van der Waals surface area (Å²) in [6, 6.07) is 5.90. The molecule has 9 heteroatoms. The Morgan fingerprint density at radius 2 is 2.07 bits per heavy atom. The van der Waals surface area contributed by atoms with Gasteiger partial charge in [0.1, 0.15) is 0 Å². The molecular weight excluding hydrogens is 384 g/mol. The third kappa shape index (κ3) is 3.68. The molecular formula is C19H19ClN4O4. The fraction of sp³-hybridized carbons (Fsp3) is 0.316. The Labute approximate surface area is 166 Å². The van der Waals surface area contributed by atoms with E-state index < -0.39 is 4.92 Å². The Bertz CT molecular complexity index is 1080. The van der Waals surface area contributed by atoms with Crippen LogP contribution in [0, 0.1) is 17.0 Å². The number of carbonyl (C=O) groups excluding carboxylic acids is 1. The van der Waals surface area contributed by atoms with Crippen LogP contribution in [0.1, 0.15) is 47.1 Å². The summed E-state index contributed by atoms with van der Waals surface area (Å²) in [6.45, 7) is 5.80. The minimum absolute atomic E-state index is 0.0801. The molecule has 0 unspecified atom stereocenters. The van der Waals surface area contributed by atoms with Crippen molar-refractivity contribution in [3.63, 3.8) is 0 Å². The first-order valence-corrected chi connectivity index (χ1v) is 9.02. The summed E-state index contributed by atoms with van der Waals surface area (Å²) in [5.74, 6) is -0.180. The lowest BCUT2D eigenvalue weighted by atomic mass is 10.0. The van der Waals surface area contributed by atoms with E-state index >= 15 is 0 Å². The number of benzene rings is 1. The Morgan fingerprint density at radius 1 is 1.36 bits per heavy atom. The summed E-state index contributed by atoms with van der Waals surface area (Å²) in [5.41, 5.74) is 2.44. The zero-order chi connectivity index (χ0) is 20.6. The van der Waals surface area contributed by atoms with Gasteiger partial charge >= 0.3 is 0 Å². The fourth-order valence-corrected chi connectivity index (χ4v) is 3.08. The van der Waals surface area contributed by atoms with Crippen molar-refractivity contribution in [3.05, 3.63) is 61.9 Å². The number of hydrogen-bond acceptors (Lipinski definition) is 6. The Kier molecular flexibility index (Phi) is 5.33. The summed E-state index contributed by atoms with van der Waals surface area (Å²) in [7, 11) is 1.61. The molecule has 0 spiro atoms. The number of aryl methyl sites for hydroxylation is 1. The molecule has 0 N–H and O–H groups in total. The van der Waals surface area contributed by atoms with Crippen LogP contribution in [0.3, 0.4) is 0 Å². The summed E-state index contributed by atoms with van der Waals surface area (Å²) in [4.78, 5) is 29.6. The molecule has 3 aromatic rings. The van der Waals surface area contributed by atoms with Crippen LogP contribution in [0.4, 0.5) is 5.69 Å². The average molecular weight is 403 g/mol. The second kappa shape index (κ2) is 7.55. The monoisotopic (exact) mass is 402 g/mol. The van der Waals surface area contributed by atoms with Crippen molar-refractivity contribution in [2.75, 3.05) is 7.05 Å². The van der Waals surface area contributed by atoms with Crippen LogP contribution in [-0.2, 0) is 6.54 Å². The maximum Gasteiger partial charge on any atom is 0.269 e. The van der Waals surface area contributed by atoms with Crippen molar-refractivity contribution in [2.45, 2.75) is 33.2 Å². The largest absolute Gasteiger partial charge is 0.337 e. The number of hydrogen-bond donors (Lipinski definition) is 0. The molecule has 0 fully saturated rings. The number of amides is 1. The molecule has 0 radical (unpaired) electrons. The molecule has 0 bridgehead atoms. The number of non-ortho nitro benzene ring substituents is 1. The highest BCUT2D eigenvalue weighted by atomic mass is 35.5. The standard InChI is InChI=1S/C19H19ClN4O4/c1-10(2)16-8-14(17-11(3)22-28-18(17)21-16)19(25)23(4)9-12-7-13(24(26)27)5-6-15(12)20/h5-8,10H,9H2,1-4H3. The lowest BCUT2D eigenvalue weighted by molar-refractivity contribution is -0.384. The van der Waals surface area contributed by atoms with Crippen molar-refractivity contribution in [1.82, 2.24) is 15.0 Å². The fourth-order valence-electron chi connectivity index (χ4n) is 2.91. The van der Waals surface area contributed by atoms with Gasteiger partial charge in [-0.25, -0.2) is 4.98 Å². The van der Waals surface area contributed by atoms with Gasteiger partial charge in [-0.05, 0) is 30.5 Å². The molecule has 1 aromatic carbocycles. The van der Waals surface area contributed by atoms with Crippen LogP contribution >= 0.6 is 11.6 Å². The third-order valence-corrected chi connectivity index (χ3v) is 4.82. The Hall–Kier alpha value is -3.00. The van der Waals surface area contributed by atoms with E-state index in [1.54, 1.807) is 20.0 Å². The van der Waals surface area contributed by atoms with Gasteiger partial charge in [0.05, 0.1) is 21.6 Å². The van der Waals surface area contributed by atoms with Crippen LogP contribution in [0.15, 0.2) is 28.8 Å². The molecule has 2 heterocycles. The van der Waals surface area contributed by atoms with Gasteiger partial charge in [-0.15, -0.1) is 0 Å². The predicted octanol–water partition coefficient (Wildman–Crippen LogP) is 4.49. The zero-order valence-electron chi connectivity index (χ0n) is 15.9. The third-order valence-electron chi connectivity index (χ3n) is 4.45. The zero-order valence-corrected chi connectivity index (χ0v) is 16.6. The van der Waals surface area contributed by atoms with Crippen LogP contribution < -0.4 is 0 Å². The van der Waals surface area contributed by atoms with Gasteiger partial charge < -0.3 is 9.42 Å². The second-order valence-corrected chi connectivity index (χ2v) is 7.30. The average Bonchev–Trinajstić information content (AvgIpc) is 3.03. The maximum absolute atomic E-state index is 13.2. The van der Waals surface area contributed by atoms with E-state index in [1.807, 2.05) is 13.8 Å². The van der Waals surface area contributed by atoms with E-state index in [9.17, 15) is 14.9 Å². The number of rotatable bonds is 5. The smallest absolute Gasteiger partial charge is 0.269 e. The number of nitro benzene ring substituents is 1. The number of aromatic nitrogens is 2. The van der Waals surface area contributed by atoms with Gasteiger partial charge in [0.15, 0.2) is 0 Å². The minimum atomic E-state index is -0.497. The molecule has 0 aliphatic heterocycles. The highest BCUT2D eigenvalue weighted by Gasteiger charge is 2.23. The molecule has 0 atom stereocenters. The number of nitrogens with zero attached hydrogens (tertiary/aromatic N) is 4. The van der Waals surface area contributed by atoms with E-state index in [2.05, 4.69) is 10.1 Å². The normalized spacial score (nSPS) is 11.2. The lowest BCUT2D eigenvalue weighted by Gasteiger charge is -2.19. The van der Waals surface area contributed by atoms with Gasteiger partial charge in [-0.3, -0.25) is 14.9 Å². The summed E-state index contributed by atoms with van der Waals surface area (Å²) < 4.78 is 5.26. The van der Waals surface area contributed by atoms with Crippen molar-refractivity contribution in [2.24, 2.45) is 0 Å². The summed E-state index contributed by atoms with van der Waals surface area (Å²) in [5, 5.41) is 15.9. The highest BCUT2D eigenvalue weighted by Crippen LogP contribution is 2.28. The molecule has 1 amide bonds. The first-order chi connectivity index (χ1) is 13.2.